The molecule has 1 aromatic heterocycles. The minimum atomic E-state index is -0.696. The molecule has 0 spiro atoms. The monoisotopic (exact) mass is 223 g/mol. The highest BCUT2D eigenvalue weighted by molar-refractivity contribution is 5.67. The first-order chi connectivity index (χ1) is 7.56. The third-order valence-electron chi connectivity index (χ3n) is 3.20. The molecular weight excluding hydrogens is 206 g/mol. The Morgan fingerprint density at radius 1 is 1.69 bits per heavy atom. The maximum Gasteiger partial charge on any atom is 0.303 e. The van der Waals surface area contributed by atoms with Crippen molar-refractivity contribution < 1.29 is 9.90 Å². The van der Waals surface area contributed by atoms with Gasteiger partial charge in [0, 0.05) is 37.9 Å². The molecule has 88 valence electrons. The molecule has 1 saturated heterocycles. The Morgan fingerprint density at radius 3 is 2.88 bits per heavy atom. The van der Waals surface area contributed by atoms with Crippen LogP contribution in [0.15, 0.2) is 12.4 Å². The van der Waals surface area contributed by atoms with E-state index in [-0.39, 0.29) is 6.42 Å². The maximum absolute atomic E-state index is 10.5. The Balaban J connectivity index is 1.85. The van der Waals surface area contributed by atoms with Gasteiger partial charge in [0.15, 0.2) is 0 Å². The predicted octanol–water partition coefficient (Wildman–Crippen LogP) is 0.888. The van der Waals surface area contributed by atoms with Gasteiger partial charge in [-0.15, -0.1) is 0 Å². The summed E-state index contributed by atoms with van der Waals surface area (Å²) in [6, 6.07) is 0.332. The molecule has 1 aliphatic rings. The molecule has 5 nitrogen and oxygen atoms in total. The summed E-state index contributed by atoms with van der Waals surface area (Å²) >= 11 is 0. The number of carboxylic acid groups (broad SMARTS) is 1. The van der Waals surface area contributed by atoms with Crippen LogP contribution in [0.5, 0.6) is 0 Å². The molecule has 1 fully saturated rings. The molecule has 0 amide bonds. The van der Waals surface area contributed by atoms with Crippen LogP contribution >= 0.6 is 0 Å². The summed E-state index contributed by atoms with van der Waals surface area (Å²) in [5.41, 5.74) is 1.19. The number of aromatic nitrogens is 2. The van der Waals surface area contributed by atoms with Crippen LogP contribution in [0, 0.1) is 5.92 Å². The lowest BCUT2D eigenvalue weighted by molar-refractivity contribution is -0.139. The fraction of sp³-hybridized carbons (Fsp3) is 0.636. The van der Waals surface area contributed by atoms with Crippen LogP contribution in [0.4, 0.5) is 0 Å². The number of nitrogens with zero attached hydrogens (tertiary/aromatic N) is 3. The topological polar surface area (TPSA) is 58.4 Å². The van der Waals surface area contributed by atoms with E-state index in [9.17, 15) is 4.79 Å². The minimum Gasteiger partial charge on any atom is -0.481 e. The molecule has 1 unspecified atom stereocenters. The summed E-state index contributed by atoms with van der Waals surface area (Å²) in [6.07, 6.45) is 4.17. The Bertz CT molecular complexity index is 382. The summed E-state index contributed by atoms with van der Waals surface area (Å²) in [6.45, 7) is 3.89. The van der Waals surface area contributed by atoms with E-state index in [1.807, 2.05) is 19.4 Å². The van der Waals surface area contributed by atoms with Crippen molar-refractivity contribution >= 4 is 5.97 Å². The number of carbonyl (C=O) groups is 1. The lowest BCUT2D eigenvalue weighted by Gasteiger charge is -2.42. The summed E-state index contributed by atoms with van der Waals surface area (Å²) in [7, 11) is 1.90. The molecule has 16 heavy (non-hydrogen) atoms. The van der Waals surface area contributed by atoms with Gasteiger partial charge in [-0.25, -0.2) is 0 Å². The standard InChI is InChI=1S/C11H17N3O2/c1-8(10-4-12-13(2)7-10)14-5-9(6-14)3-11(15)16/h4,7-9H,3,5-6H2,1-2H3,(H,15,16). The largest absolute Gasteiger partial charge is 0.481 e. The number of likely N-dealkylation sites (tertiary alicyclic amines) is 1. The van der Waals surface area contributed by atoms with Crippen molar-refractivity contribution in [3.8, 4) is 0 Å². The van der Waals surface area contributed by atoms with Gasteiger partial charge in [-0.1, -0.05) is 0 Å². The molecule has 0 bridgehead atoms. The van der Waals surface area contributed by atoms with Crippen molar-refractivity contribution in [1.82, 2.24) is 14.7 Å². The van der Waals surface area contributed by atoms with Gasteiger partial charge in [-0.05, 0) is 12.8 Å². The molecule has 0 radical (unpaired) electrons. The fourth-order valence-electron chi connectivity index (χ4n) is 2.17. The van der Waals surface area contributed by atoms with Crippen LogP contribution in [-0.4, -0.2) is 38.8 Å². The van der Waals surface area contributed by atoms with E-state index < -0.39 is 5.97 Å². The minimum absolute atomic E-state index is 0.288. The van der Waals surface area contributed by atoms with Crippen LogP contribution in [0.2, 0.25) is 0 Å². The average molecular weight is 223 g/mol. The normalized spacial score (nSPS) is 19.4. The Morgan fingerprint density at radius 2 is 2.38 bits per heavy atom. The third-order valence-corrected chi connectivity index (χ3v) is 3.20. The summed E-state index contributed by atoms with van der Waals surface area (Å²) in [5, 5.41) is 12.8. The van der Waals surface area contributed by atoms with Crippen LogP contribution < -0.4 is 0 Å². The van der Waals surface area contributed by atoms with Gasteiger partial charge in [-0.3, -0.25) is 14.4 Å². The second kappa shape index (κ2) is 4.25. The Labute approximate surface area is 94.7 Å². The van der Waals surface area contributed by atoms with E-state index in [0.29, 0.717) is 12.0 Å². The molecular formula is C11H17N3O2. The number of hydrogen-bond acceptors (Lipinski definition) is 3. The second-order valence-corrected chi connectivity index (χ2v) is 4.54. The highest BCUT2D eigenvalue weighted by Crippen LogP contribution is 2.29. The molecule has 1 atom stereocenters. The average Bonchev–Trinajstić information content (AvgIpc) is 2.56. The molecule has 1 aromatic rings. The number of hydrogen-bond donors (Lipinski definition) is 1. The lowest BCUT2D eigenvalue weighted by Crippen LogP contribution is -2.48. The molecule has 1 N–H and O–H groups in total. The van der Waals surface area contributed by atoms with E-state index >= 15 is 0 Å². The fourth-order valence-corrected chi connectivity index (χ4v) is 2.17. The van der Waals surface area contributed by atoms with E-state index in [4.69, 9.17) is 5.11 Å². The van der Waals surface area contributed by atoms with Crippen LogP contribution in [0.3, 0.4) is 0 Å². The van der Waals surface area contributed by atoms with Gasteiger partial charge >= 0.3 is 5.97 Å². The summed E-state index contributed by atoms with van der Waals surface area (Å²) < 4.78 is 1.79. The van der Waals surface area contributed by atoms with Crippen molar-refractivity contribution in [3.63, 3.8) is 0 Å². The van der Waals surface area contributed by atoms with Crippen LogP contribution in [0.25, 0.3) is 0 Å². The highest BCUT2D eigenvalue weighted by atomic mass is 16.4. The molecule has 2 heterocycles. The lowest BCUT2D eigenvalue weighted by atomic mass is 9.93. The predicted molar refractivity (Wildman–Crippen MR) is 58.9 cm³/mol. The Hall–Kier alpha value is -1.36. The van der Waals surface area contributed by atoms with Gasteiger partial charge in [0.1, 0.15) is 0 Å². The van der Waals surface area contributed by atoms with E-state index in [1.165, 1.54) is 5.56 Å². The first-order valence-corrected chi connectivity index (χ1v) is 5.50. The SMILES string of the molecule is CC(c1cnn(C)c1)N1CC(CC(=O)O)C1. The molecule has 0 saturated carbocycles. The van der Waals surface area contributed by atoms with Gasteiger partial charge < -0.3 is 5.11 Å². The zero-order valence-electron chi connectivity index (χ0n) is 9.63. The van der Waals surface area contributed by atoms with E-state index in [0.717, 1.165) is 13.1 Å². The Kier molecular flexibility index (Phi) is 2.96. The first-order valence-electron chi connectivity index (χ1n) is 5.50. The molecule has 0 aromatic carbocycles. The molecule has 0 aliphatic carbocycles. The van der Waals surface area contributed by atoms with Crippen molar-refractivity contribution in [2.45, 2.75) is 19.4 Å². The molecule has 2 rings (SSSR count). The van der Waals surface area contributed by atoms with Crippen molar-refractivity contribution in [1.29, 1.82) is 0 Å². The summed E-state index contributed by atoms with van der Waals surface area (Å²) in [4.78, 5) is 12.8. The van der Waals surface area contributed by atoms with Crippen molar-refractivity contribution in [2.24, 2.45) is 13.0 Å². The van der Waals surface area contributed by atoms with Crippen LogP contribution in [-0.2, 0) is 11.8 Å². The van der Waals surface area contributed by atoms with Crippen molar-refractivity contribution in [2.75, 3.05) is 13.1 Å². The quantitative estimate of drug-likeness (QED) is 0.823. The molecule has 1 aliphatic heterocycles. The number of rotatable bonds is 4. The van der Waals surface area contributed by atoms with Gasteiger partial charge in [-0.2, -0.15) is 5.10 Å². The number of aryl methyl sites for hydroxylation is 1. The van der Waals surface area contributed by atoms with Gasteiger partial charge in [0.2, 0.25) is 0 Å². The third kappa shape index (κ3) is 2.24. The van der Waals surface area contributed by atoms with E-state index in [1.54, 1.807) is 4.68 Å². The smallest absolute Gasteiger partial charge is 0.303 e. The second-order valence-electron chi connectivity index (χ2n) is 4.54. The highest BCUT2D eigenvalue weighted by Gasteiger charge is 2.32. The van der Waals surface area contributed by atoms with Gasteiger partial charge in [0.25, 0.3) is 0 Å². The van der Waals surface area contributed by atoms with E-state index in [2.05, 4.69) is 16.9 Å². The van der Waals surface area contributed by atoms with Gasteiger partial charge in [0.05, 0.1) is 12.6 Å². The van der Waals surface area contributed by atoms with Crippen LogP contribution in [0.1, 0.15) is 24.9 Å². The molecule has 5 heteroatoms. The number of aliphatic carboxylic acids is 1. The maximum atomic E-state index is 10.5. The number of carboxylic acids is 1. The summed E-state index contributed by atoms with van der Waals surface area (Å²) in [5.74, 6) is -0.379. The first kappa shape index (κ1) is 11.1. The van der Waals surface area contributed by atoms with Crippen molar-refractivity contribution in [3.05, 3.63) is 18.0 Å². The zero-order valence-corrected chi connectivity index (χ0v) is 9.63. The zero-order chi connectivity index (χ0) is 11.7.